The van der Waals surface area contributed by atoms with E-state index in [9.17, 15) is 14.0 Å². The van der Waals surface area contributed by atoms with E-state index in [2.05, 4.69) is 26.3 Å². The molecule has 0 saturated heterocycles. The maximum atomic E-state index is 13.6. The number of nitrogens with one attached hydrogen (secondary N) is 1. The minimum atomic E-state index is -0.766. The van der Waals surface area contributed by atoms with Gasteiger partial charge in [-0.1, -0.05) is 12.0 Å². The van der Waals surface area contributed by atoms with Crippen LogP contribution in [0.1, 0.15) is 34.7 Å². The van der Waals surface area contributed by atoms with Crippen LogP contribution in [0, 0.1) is 18.2 Å². The average Bonchev–Trinajstić information content (AvgIpc) is 3.19. The monoisotopic (exact) mass is 467 g/mol. The van der Waals surface area contributed by atoms with Gasteiger partial charge in [0.1, 0.15) is 17.2 Å². The lowest BCUT2D eigenvalue weighted by molar-refractivity contribution is 0.0940. The number of nitrogens with two attached hydrogens (primary N) is 1. The number of halogens is 1. The third kappa shape index (κ3) is 3.65. The van der Waals surface area contributed by atoms with E-state index < -0.39 is 23.3 Å². The highest BCUT2D eigenvalue weighted by molar-refractivity contribution is 6.04. The molecule has 0 spiro atoms. The van der Waals surface area contributed by atoms with Crippen LogP contribution in [0.15, 0.2) is 65.7 Å². The molecule has 1 amide bonds. The van der Waals surface area contributed by atoms with Crippen LogP contribution in [0.3, 0.4) is 0 Å². The Morgan fingerprint density at radius 2 is 1.97 bits per heavy atom. The van der Waals surface area contributed by atoms with Gasteiger partial charge in [0.05, 0.1) is 22.6 Å². The molecule has 3 aromatic heterocycles. The van der Waals surface area contributed by atoms with Crippen LogP contribution in [-0.2, 0) is 0 Å². The number of nitrogen functional groups attached to an aromatic ring is 1. The second-order valence-electron chi connectivity index (χ2n) is 7.77. The number of rotatable bonds is 4. The minimum Gasteiger partial charge on any atom is -0.381 e. The highest BCUT2D eigenvalue weighted by atomic mass is 19.1. The van der Waals surface area contributed by atoms with Crippen LogP contribution < -0.4 is 16.6 Å². The summed E-state index contributed by atoms with van der Waals surface area (Å²) in [7, 11) is 0. The first-order valence-electron chi connectivity index (χ1n) is 10.6. The van der Waals surface area contributed by atoms with Gasteiger partial charge in [0, 0.05) is 18.0 Å². The first kappa shape index (κ1) is 21.8. The van der Waals surface area contributed by atoms with Crippen molar-refractivity contribution in [3.8, 4) is 18.0 Å². The molecule has 172 valence electrons. The van der Waals surface area contributed by atoms with Crippen molar-refractivity contribution in [2.24, 2.45) is 0 Å². The molecule has 0 bridgehead atoms. The quantitative estimate of drug-likeness (QED) is 0.392. The van der Waals surface area contributed by atoms with E-state index in [-0.39, 0.29) is 28.2 Å². The van der Waals surface area contributed by atoms with E-state index in [4.69, 9.17) is 12.2 Å². The highest BCUT2D eigenvalue weighted by Gasteiger charge is 2.24. The van der Waals surface area contributed by atoms with E-state index in [0.29, 0.717) is 16.8 Å². The van der Waals surface area contributed by atoms with Gasteiger partial charge < -0.3 is 11.1 Å². The Morgan fingerprint density at radius 3 is 2.71 bits per heavy atom. The van der Waals surface area contributed by atoms with Crippen LogP contribution in [0.4, 0.5) is 10.2 Å². The van der Waals surface area contributed by atoms with Gasteiger partial charge in [-0.25, -0.2) is 18.9 Å². The van der Waals surface area contributed by atoms with Crippen molar-refractivity contribution in [3.63, 3.8) is 0 Å². The zero-order chi connectivity index (χ0) is 24.7. The predicted molar refractivity (Wildman–Crippen MR) is 129 cm³/mol. The normalized spacial score (nSPS) is 11.9. The molecule has 0 fully saturated rings. The number of anilines is 1. The maximum absolute atomic E-state index is 13.6. The van der Waals surface area contributed by atoms with E-state index >= 15 is 0 Å². The Hall–Kier alpha value is -5.04. The molecular formula is C25H18FN7O2. The molecule has 0 aliphatic carbocycles. The first-order valence-corrected chi connectivity index (χ1v) is 10.6. The van der Waals surface area contributed by atoms with Gasteiger partial charge in [0.2, 0.25) is 0 Å². The van der Waals surface area contributed by atoms with Crippen molar-refractivity contribution in [2.45, 2.75) is 13.0 Å². The smallest absolute Gasteiger partial charge is 0.267 e. The van der Waals surface area contributed by atoms with E-state index in [0.717, 1.165) is 0 Å². The summed E-state index contributed by atoms with van der Waals surface area (Å²) in [6.07, 6.45) is 8.76. The van der Waals surface area contributed by atoms with Crippen molar-refractivity contribution in [2.75, 3.05) is 5.73 Å². The molecule has 5 aromatic rings. The third-order valence-electron chi connectivity index (χ3n) is 5.55. The number of aromatic nitrogens is 5. The Balaban J connectivity index is 1.66. The maximum Gasteiger partial charge on any atom is 0.267 e. The van der Waals surface area contributed by atoms with Gasteiger partial charge in [-0.3, -0.25) is 14.2 Å². The molecule has 3 heterocycles. The Bertz CT molecular complexity index is 1720. The van der Waals surface area contributed by atoms with Gasteiger partial charge in [-0.2, -0.15) is 0 Å². The largest absolute Gasteiger partial charge is 0.381 e. The molecule has 0 aliphatic rings. The number of benzene rings is 2. The van der Waals surface area contributed by atoms with Crippen LogP contribution >= 0.6 is 0 Å². The van der Waals surface area contributed by atoms with Crippen molar-refractivity contribution in [3.05, 3.63) is 94.0 Å². The molecule has 3 N–H and O–H groups in total. The average molecular weight is 467 g/mol. The first-order chi connectivity index (χ1) is 16.9. The summed E-state index contributed by atoms with van der Waals surface area (Å²) in [5, 5.41) is 7.18. The SMILES string of the molecule is C#Cc1cccc2nc([C@@H](C)NC(=O)c3c(N)nn4cccnc34)n(-c3ccc(F)cc3)c(=O)c12. The van der Waals surface area contributed by atoms with E-state index in [1.807, 2.05) is 0 Å². The summed E-state index contributed by atoms with van der Waals surface area (Å²) in [4.78, 5) is 35.7. The number of fused-ring (bicyclic) bond motifs is 2. The number of hydrogen-bond acceptors (Lipinski definition) is 6. The molecule has 35 heavy (non-hydrogen) atoms. The van der Waals surface area contributed by atoms with E-state index in [1.54, 1.807) is 37.4 Å². The van der Waals surface area contributed by atoms with Crippen LogP contribution in [-0.4, -0.2) is 30.1 Å². The second kappa shape index (κ2) is 8.39. The summed E-state index contributed by atoms with van der Waals surface area (Å²) in [5.74, 6) is 1.74. The van der Waals surface area contributed by atoms with Crippen molar-refractivity contribution < 1.29 is 9.18 Å². The van der Waals surface area contributed by atoms with Crippen molar-refractivity contribution >= 4 is 28.3 Å². The van der Waals surface area contributed by atoms with Crippen LogP contribution in [0.5, 0.6) is 0 Å². The zero-order valence-corrected chi connectivity index (χ0v) is 18.4. The number of carbonyl (C=O) groups is 1. The molecule has 0 radical (unpaired) electrons. The van der Waals surface area contributed by atoms with E-state index in [1.165, 1.54) is 39.5 Å². The summed E-state index contributed by atoms with van der Waals surface area (Å²) in [6, 6.07) is 11.3. The molecule has 0 unspecified atom stereocenters. The topological polar surface area (TPSA) is 120 Å². The molecule has 10 heteroatoms. The van der Waals surface area contributed by atoms with Crippen molar-refractivity contribution in [1.29, 1.82) is 0 Å². The predicted octanol–water partition coefficient (Wildman–Crippen LogP) is 2.62. The third-order valence-corrected chi connectivity index (χ3v) is 5.55. The standard InChI is InChI=1S/C25H18FN7O2/c1-3-15-6-4-7-18-19(15)25(35)33(17-10-8-16(26)9-11-17)22(30-18)14(2)29-24(34)20-21(27)31-32-13-5-12-28-23(20)32/h1,4-14H,2H3,(H2,27,31)(H,29,34)/t14-/m1/s1. The zero-order valence-electron chi connectivity index (χ0n) is 18.4. The molecule has 0 saturated carbocycles. The Morgan fingerprint density at radius 1 is 1.20 bits per heavy atom. The lowest BCUT2D eigenvalue weighted by Gasteiger charge is -2.20. The molecule has 1 atom stereocenters. The summed E-state index contributed by atoms with van der Waals surface area (Å²) in [5.41, 5.74) is 7.04. The lowest BCUT2D eigenvalue weighted by atomic mass is 10.1. The van der Waals surface area contributed by atoms with Crippen LogP contribution in [0.25, 0.3) is 22.2 Å². The number of amides is 1. The minimum absolute atomic E-state index is 0.00876. The van der Waals surface area contributed by atoms with Gasteiger partial charge in [-0.15, -0.1) is 11.5 Å². The number of carbonyl (C=O) groups excluding carboxylic acids is 1. The Kier molecular flexibility index (Phi) is 5.22. The molecular weight excluding hydrogens is 449 g/mol. The van der Waals surface area contributed by atoms with Gasteiger partial charge in [0.25, 0.3) is 11.5 Å². The number of nitrogens with zero attached hydrogens (tertiary/aromatic N) is 5. The fraction of sp³-hybridized carbons (Fsp3) is 0.0800. The molecule has 5 rings (SSSR count). The fourth-order valence-corrected chi connectivity index (χ4v) is 3.95. The highest BCUT2D eigenvalue weighted by Crippen LogP contribution is 2.22. The summed E-state index contributed by atoms with van der Waals surface area (Å²) in [6.45, 7) is 1.67. The molecule has 2 aromatic carbocycles. The molecule has 9 nitrogen and oxygen atoms in total. The van der Waals surface area contributed by atoms with Gasteiger partial charge in [0.15, 0.2) is 11.5 Å². The number of hydrogen-bond donors (Lipinski definition) is 2. The van der Waals surface area contributed by atoms with Crippen LogP contribution in [0.2, 0.25) is 0 Å². The number of terminal acetylenes is 1. The molecule has 0 aliphatic heterocycles. The van der Waals surface area contributed by atoms with Crippen molar-refractivity contribution in [1.82, 2.24) is 29.5 Å². The Labute approximate surface area is 198 Å². The van der Waals surface area contributed by atoms with Gasteiger partial charge in [-0.05, 0) is 49.4 Å². The summed E-state index contributed by atoms with van der Waals surface area (Å²) >= 11 is 0. The lowest BCUT2D eigenvalue weighted by Crippen LogP contribution is -2.33. The second-order valence-corrected chi connectivity index (χ2v) is 7.77. The fourth-order valence-electron chi connectivity index (χ4n) is 3.95. The van der Waals surface area contributed by atoms with Gasteiger partial charge >= 0.3 is 0 Å². The summed E-state index contributed by atoms with van der Waals surface area (Å²) < 4.78 is 16.3.